The standard InChI is InChI=1S/C18H24N4O3S/c1-14-11-15(6-7-17(14)26(3,23)24)12-22-18(19-2)21-9-10-25-16-5-4-8-20-13-16/h4-8,11,13H,9-10,12H2,1-3H3,(H2,19,21,22). The lowest BCUT2D eigenvalue weighted by molar-refractivity contribution is 0.320. The molecule has 0 spiro atoms. The third-order valence-electron chi connectivity index (χ3n) is 3.62. The van der Waals surface area contributed by atoms with Gasteiger partial charge in [-0.1, -0.05) is 12.1 Å². The van der Waals surface area contributed by atoms with Gasteiger partial charge in [0.2, 0.25) is 0 Å². The number of nitrogens with zero attached hydrogens (tertiary/aromatic N) is 2. The van der Waals surface area contributed by atoms with Gasteiger partial charge in [-0.15, -0.1) is 0 Å². The Morgan fingerprint density at radius 3 is 2.69 bits per heavy atom. The Kier molecular flexibility index (Phi) is 6.97. The molecule has 0 amide bonds. The van der Waals surface area contributed by atoms with E-state index in [-0.39, 0.29) is 0 Å². The van der Waals surface area contributed by atoms with E-state index in [9.17, 15) is 8.42 Å². The molecule has 0 aliphatic rings. The molecule has 2 aromatic rings. The minimum atomic E-state index is -3.20. The first-order chi connectivity index (χ1) is 12.4. The Morgan fingerprint density at radius 2 is 2.08 bits per heavy atom. The average molecular weight is 376 g/mol. The molecule has 0 radical (unpaired) electrons. The lowest BCUT2D eigenvalue weighted by atomic mass is 10.1. The van der Waals surface area contributed by atoms with Crippen LogP contribution in [0.2, 0.25) is 0 Å². The first-order valence-corrected chi connectivity index (χ1v) is 10.1. The average Bonchev–Trinajstić information content (AvgIpc) is 2.61. The van der Waals surface area contributed by atoms with Gasteiger partial charge < -0.3 is 15.4 Å². The zero-order valence-electron chi connectivity index (χ0n) is 15.2. The Morgan fingerprint density at radius 1 is 1.27 bits per heavy atom. The highest BCUT2D eigenvalue weighted by molar-refractivity contribution is 7.90. The van der Waals surface area contributed by atoms with Crippen LogP contribution in [-0.2, 0) is 16.4 Å². The molecule has 2 rings (SSSR count). The van der Waals surface area contributed by atoms with Gasteiger partial charge >= 0.3 is 0 Å². The number of sulfone groups is 1. The van der Waals surface area contributed by atoms with Gasteiger partial charge in [-0.3, -0.25) is 9.98 Å². The van der Waals surface area contributed by atoms with Crippen LogP contribution in [0.5, 0.6) is 5.75 Å². The van der Waals surface area contributed by atoms with E-state index in [4.69, 9.17) is 4.74 Å². The van der Waals surface area contributed by atoms with Crippen LogP contribution in [0, 0.1) is 6.92 Å². The molecule has 0 saturated carbocycles. The van der Waals surface area contributed by atoms with Crippen LogP contribution in [0.25, 0.3) is 0 Å². The highest BCUT2D eigenvalue weighted by Gasteiger charge is 2.10. The van der Waals surface area contributed by atoms with Gasteiger partial charge in [0.1, 0.15) is 12.4 Å². The van der Waals surface area contributed by atoms with E-state index in [1.807, 2.05) is 18.2 Å². The maximum Gasteiger partial charge on any atom is 0.191 e. The number of benzene rings is 1. The van der Waals surface area contributed by atoms with Crippen LogP contribution in [0.15, 0.2) is 52.6 Å². The minimum absolute atomic E-state index is 0.358. The van der Waals surface area contributed by atoms with Gasteiger partial charge in [0.25, 0.3) is 0 Å². The number of nitrogens with one attached hydrogen (secondary N) is 2. The topological polar surface area (TPSA) is 92.7 Å². The molecule has 1 aromatic heterocycles. The van der Waals surface area contributed by atoms with E-state index in [0.717, 1.165) is 16.9 Å². The smallest absolute Gasteiger partial charge is 0.191 e. The molecule has 7 nitrogen and oxygen atoms in total. The van der Waals surface area contributed by atoms with Crippen LogP contribution in [0.3, 0.4) is 0 Å². The van der Waals surface area contributed by atoms with Gasteiger partial charge in [0.15, 0.2) is 15.8 Å². The normalized spacial score (nSPS) is 11.9. The van der Waals surface area contributed by atoms with Gasteiger partial charge in [-0.2, -0.15) is 0 Å². The monoisotopic (exact) mass is 376 g/mol. The van der Waals surface area contributed by atoms with Crippen LogP contribution in [-0.4, -0.2) is 45.8 Å². The zero-order valence-corrected chi connectivity index (χ0v) is 16.0. The Bertz CT molecular complexity index is 852. The molecule has 0 aliphatic heterocycles. The van der Waals surface area contributed by atoms with Crippen LogP contribution in [0.4, 0.5) is 0 Å². The van der Waals surface area contributed by atoms with Gasteiger partial charge in [0, 0.05) is 26.0 Å². The molecule has 1 heterocycles. The number of hydrogen-bond acceptors (Lipinski definition) is 5. The second-order valence-electron chi connectivity index (χ2n) is 5.76. The molecule has 140 valence electrons. The third-order valence-corrected chi connectivity index (χ3v) is 4.88. The van der Waals surface area contributed by atoms with E-state index < -0.39 is 9.84 Å². The lowest BCUT2D eigenvalue weighted by Crippen LogP contribution is -2.38. The summed E-state index contributed by atoms with van der Waals surface area (Å²) in [5.41, 5.74) is 1.71. The molecule has 0 saturated heterocycles. The summed E-state index contributed by atoms with van der Waals surface area (Å²) in [5, 5.41) is 6.35. The minimum Gasteiger partial charge on any atom is -0.490 e. The van der Waals surface area contributed by atoms with E-state index in [1.54, 1.807) is 38.5 Å². The molecule has 2 N–H and O–H groups in total. The number of guanidine groups is 1. The van der Waals surface area contributed by atoms with Crippen molar-refractivity contribution in [1.29, 1.82) is 0 Å². The summed E-state index contributed by atoms with van der Waals surface area (Å²) >= 11 is 0. The Labute approximate surface area is 154 Å². The van der Waals surface area contributed by atoms with Crippen LogP contribution in [0.1, 0.15) is 11.1 Å². The van der Waals surface area contributed by atoms with Crippen LogP contribution < -0.4 is 15.4 Å². The first-order valence-electron chi connectivity index (χ1n) is 8.17. The van der Waals surface area contributed by atoms with Crippen molar-refractivity contribution in [2.24, 2.45) is 4.99 Å². The van der Waals surface area contributed by atoms with Crippen molar-refractivity contribution in [2.75, 3.05) is 26.5 Å². The number of aryl methyl sites for hydroxylation is 1. The summed E-state index contributed by atoms with van der Waals surface area (Å²) in [6.07, 6.45) is 4.57. The number of rotatable bonds is 7. The number of pyridine rings is 1. The van der Waals surface area contributed by atoms with E-state index in [2.05, 4.69) is 20.6 Å². The molecule has 0 atom stereocenters. The molecular formula is C18H24N4O3S. The largest absolute Gasteiger partial charge is 0.490 e. The fourth-order valence-corrected chi connectivity index (χ4v) is 3.37. The Balaban J connectivity index is 1.80. The first kappa shape index (κ1) is 19.7. The predicted molar refractivity (Wildman–Crippen MR) is 102 cm³/mol. The third kappa shape index (κ3) is 6.03. The zero-order chi connectivity index (χ0) is 19.0. The van der Waals surface area contributed by atoms with Crippen molar-refractivity contribution in [3.8, 4) is 5.75 Å². The van der Waals surface area contributed by atoms with E-state index in [1.165, 1.54) is 6.26 Å². The van der Waals surface area contributed by atoms with Gasteiger partial charge in [-0.05, 0) is 36.2 Å². The van der Waals surface area contributed by atoms with Gasteiger partial charge in [-0.25, -0.2) is 8.42 Å². The van der Waals surface area contributed by atoms with Crippen molar-refractivity contribution in [1.82, 2.24) is 15.6 Å². The maximum atomic E-state index is 11.7. The van der Waals surface area contributed by atoms with Crippen molar-refractivity contribution in [2.45, 2.75) is 18.4 Å². The number of hydrogen-bond donors (Lipinski definition) is 2. The number of aliphatic imine (C=N–C) groups is 1. The maximum absolute atomic E-state index is 11.7. The fraction of sp³-hybridized carbons (Fsp3) is 0.333. The van der Waals surface area contributed by atoms with E-state index >= 15 is 0 Å². The summed E-state index contributed by atoms with van der Waals surface area (Å²) in [6.45, 7) is 3.39. The molecule has 0 aliphatic carbocycles. The highest BCUT2D eigenvalue weighted by Crippen LogP contribution is 2.16. The van der Waals surface area contributed by atoms with E-state index in [0.29, 0.717) is 30.6 Å². The molecule has 0 fully saturated rings. The Hall–Kier alpha value is -2.61. The van der Waals surface area contributed by atoms with Crippen molar-refractivity contribution in [3.05, 3.63) is 53.9 Å². The molecule has 26 heavy (non-hydrogen) atoms. The van der Waals surface area contributed by atoms with Crippen molar-refractivity contribution < 1.29 is 13.2 Å². The fourth-order valence-electron chi connectivity index (χ4n) is 2.41. The summed E-state index contributed by atoms with van der Waals surface area (Å²) in [7, 11) is -1.51. The molecule has 1 aromatic carbocycles. The highest BCUT2D eigenvalue weighted by atomic mass is 32.2. The van der Waals surface area contributed by atoms with Gasteiger partial charge in [0.05, 0.1) is 17.6 Å². The summed E-state index contributed by atoms with van der Waals surface area (Å²) in [6, 6.07) is 8.97. The molecular weight excluding hydrogens is 352 g/mol. The summed E-state index contributed by atoms with van der Waals surface area (Å²) in [5.74, 6) is 1.36. The van der Waals surface area contributed by atoms with Crippen molar-refractivity contribution >= 4 is 15.8 Å². The van der Waals surface area contributed by atoms with Crippen molar-refractivity contribution in [3.63, 3.8) is 0 Å². The SMILES string of the molecule is CN=C(NCCOc1cccnc1)NCc1ccc(S(C)(=O)=O)c(C)c1. The lowest BCUT2D eigenvalue weighted by Gasteiger charge is -2.13. The number of aromatic nitrogens is 1. The predicted octanol–water partition coefficient (Wildman–Crippen LogP) is 1.54. The quantitative estimate of drug-likeness (QED) is 0.433. The summed E-state index contributed by atoms with van der Waals surface area (Å²) in [4.78, 5) is 8.50. The number of ether oxygens (including phenoxy) is 1. The molecule has 8 heteroatoms. The summed E-state index contributed by atoms with van der Waals surface area (Å²) < 4.78 is 28.9. The molecule has 0 unspecified atom stereocenters. The second-order valence-corrected chi connectivity index (χ2v) is 7.75. The van der Waals surface area contributed by atoms with Crippen LogP contribution >= 0.6 is 0 Å². The second kappa shape index (κ2) is 9.19. The molecule has 0 bridgehead atoms.